The van der Waals surface area contributed by atoms with Crippen LogP contribution in [0.5, 0.6) is 0 Å². The van der Waals surface area contributed by atoms with Crippen LogP contribution in [0.4, 0.5) is 5.69 Å². The number of primary amides is 1. The second-order valence-corrected chi connectivity index (χ2v) is 6.29. The Morgan fingerprint density at radius 1 is 1.30 bits per heavy atom. The first-order valence-corrected chi connectivity index (χ1v) is 7.99. The predicted molar refractivity (Wildman–Crippen MR) is 92.2 cm³/mol. The van der Waals surface area contributed by atoms with Gasteiger partial charge in [0.1, 0.15) is 0 Å². The number of aromatic nitrogens is 2. The van der Waals surface area contributed by atoms with Gasteiger partial charge in [0, 0.05) is 16.9 Å². The van der Waals surface area contributed by atoms with Gasteiger partial charge in [0.2, 0.25) is 11.8 Å². The zero-order chi connectivity index (χ0) is 17.1. The second kappa shape index (κ2) is 6.95. The van der Waals surface area contributed by atoms with Crippen molar-refractivity contribution in [2.45, 2.75) is 27.3 Å². The molecule has 6 nitrogen and oxygen atoms in total. The molecule has 1 aromatic heterocycles. The van der Waals surface area contributed by atoms with E-state index in [9.17, 15) is 9.59 Å². The quantitative estimate of drug-likeness (QED) is 0.837. The van der Waals surface area contributed by atoms with E-state index in [-0.39, 0.29) is 11.8 Å². The molecule has 2 rings (SSSR count). The van der Waals surface area contributed by atoms with Crippen LogP contribution in [0.25, 0.3) is 0 Å². The lowest BCUT2D eigenvalue weighted by molar-refractivity contribution is -0.119. The van der Waals surface area contributed by atoms with E-state index >= 15 is 0 Å². The molecule has 0 aliphatic carbocycles. The molecule has 3 N–H and O–H groups in total. The van der Waals surface area contributed by atoms with Gasteiger partial charge in [-0.05, 0) is 54.0 Å². The van der Waals surface area contributed by atoms with Gasteiger partial charge in [-0.2, -0.15) is 5.10 Å². The summed E-state index contributed by atoms with van der Waals surface area (Å²) < 4.78 is 2.78. The van der Waals surface area contributed by atoms with E-state index in [0.29, 0.717) is 17.8 Å². The second-order valence-electron chi connectivity index (χ2n) is 5.50. The normalized spacial score (nSPS) is 12.0. The third-order valence-corrected chi connectivity index (χ3v) is 4.77. The van der Waals surface area contributed by atoms with Gasteiger partial charge in [-0.25, -0.2) is 0 Å². The number of aryl methyl sites for hydroxylation is 1. The number of nitrogens with one attached hydrogen (secondary N) is 1. The largest absolute Gasteiger partial charge is 0.366 e. The monoisotopic (exact) mass is 378 g/mol. The van der Waals surface area contributed by atoms with E-state index in [0.717, 1.165) is 15.9 Å². The SMILES string of the molecule is Cc1nn(CC(C)C(=O)Nc2ccc(C(N)=O)cc2)c(C)c1Br. The number of amides is 2. The predicted octanol–water partition coefficient (Wildman–Crippen LogP) is 2.64. The molecule has 0 aliphatic rings. The lowest BCUT2D eigenvalue weighted by Gasteiger charge is -2.13. The van der Waals surface area contributed by atoms with Crippen molar-refractivity contribution in [1.29, 1.82) is 0 Å². The molecular formula is C16H19BrN4O2. The molecule has 1 atom stereocenters. The standard InChI is InChI=1S/C16H19BrN4O2/c1-9(8-21-11(3)14(17)10(2)20-21)16(23)19-13-6-4-12(5-7-13)15(18)22/h4-7,9H,8H2,1-3H3,(H2,18,22)(H,19,23). The number of hydrogen-bond donors (Lipinski definition) is 2. The Kier molecular flexibility index (Phi) is 5.20. The van der Waals surface area contributed by atoms with Crippen molar-refractivity contribution in [1.82, 2.24) is 9.78 Å². The van der Waals surface area contributed by atoms with Crippen LogP contribution >= 0.6 is 15.9 Å². The fourth-order valence-electron chi connectivity index (χ4n) is 2.18. The molecule has 0 saturated carbocycles. The zero-order valence-corrected chi connectivity index (χ0v) is 14.8. The minimum Gasteiger partial charge on any atom is -0.366 e. The maximum absolute atomic E-state index is 12.3. The topological polar surface area (TPSA) is 90.0 Å². The molecule has 2 aromatic rings. The Morgan fingerprint density at radius 2 is 1.91 bits per heavy atom. The average molecular weight is 379 g/mol. The van der Waals surface area contributed by atoms with Crippen molar-refractivity contribution in [2.24, 2.45) is 11.7 Å². The third kappa shape index (κ3) is 3.98. The molecule has 122 valence electrons. The molecule has 0 fully saturated rings. The molecule has 0 spiro atoms. The molecule has 1 heterocycles. The number of carbonyl (C=O) groups is 2. The lowest BCUT2D eigenvalue weighted by atomic mass is 10.1. The average Bonchev–Trinajstić information content (AvgIpc) is 2.75. The van der Waals surface area contributed by atoms with Gasteiger partial charge >= 0.3 is 0 Å². The van der Waals surface area contributed by atoms with Gasteiger partial charge < -0.3 is 11.1 Å². The van der Waals surface area contributed by atoms with Crippen LogP contribution in [0.1, 0.15) is 28.7 Å². The highest BCUT2D eigenvalue weighted by Crippen LogP contribution is 2.21. The Bertz CT molecular complexity index is 737. The summed E-state index contributed by atoms with van der Waals surface area (Å²) >= 11 is 3.48. The first-order valence-electron chi connectivity index (χ1n) is 7.19. The van der Waals surface area contributed by atoms with Gasteiger partial charge in [-0.3, -0.25) is 14.3 Å². The van der Waals surface area contributed by atoms with E-state index in [1.54, 1.807) is 24.3 Å². The maximum Gasteiger partial charge on any atom is 0.248 e. The first-order chi connectivity index (χ1) is 10.8. The summed E-state index contributed by atoms with van der Waals surface area (Å²) in [6.45, 7) is 6.21. The lowest BCUT2D eigenvalue weighted by Crippen LogP contribution is -2.25. The molecule has 0 saturated heterocycles. The summed E-state index contributed by atoms with van der Waals surface area (Å²) in [7, 11) is 0. The molecule has 0 radical (unpaired) electrons. The van der Waals surface area contributed by atoms with E-state index in [1.165, 1.54) is 0 Å². The Hall–Kier alpha value is -2.15. The van der Waals surface area contributed by atoms with Gasteiger partial charge in [-0.1, -0.05) is 6.92 Å². The summed E-state index contributed by atoms with van der Waals surface area (Å²) in [6.07, 6.45) is 0. The minimum absolute atomic E-state index is 0.111. The van der Waals surface area contributed by atoms with Crippen LogP contribution in [0, 0.1) is 19.8 Å². The van der Waals surface area contributed by atoms with Gasteiger partial charge in [0.25, 0.3) is 0 Å². The maximum atomic E-state index is 12.3. The van der Waals surface area contributed by atoms with E-state index in [1.807, 2.05) is 25.5 Å². The van der Waals surface area contributed by atoms with Crippen molar-refractivity contribution in [2.75, 3.05) is 5.32 Å². The van der Waals surface area contributed by atoms with Crippen LogP contribution < -0.4 is 11.1 Å². The molecule has 1 unspecified atom stereocenters. The summed E-state index contributed by atoms with van der Waals surface area (Å²) in [5.74, 6) is -0.859. The molecule has 2 amide bonds. The highest BCUT2D eigenvalue weighted by atomic mass is 79.9. The fourth-order valence-corrected chi connectivity index (χ4v) is 2.46. The Morgan fingerprint density at radius 3 is 2.39 bits per heavy atom. The number of halogens is 1. The van der Waals surface area contributed by atoms with Gasteiger partial charge in [0.15, 0.2) is 0 Å². The van der Waals surface area contributed by atoms with Crippen molar-refractivity contribution < 1.29 is 9.59 Å². The van der Waals surface area contributed by atoms with Crippen LogP contribution in [-0.4, -0.2) is 21.6 Å². The fraction of sp³-hybridized carbons (Fsp3) is 0.312. The molecule has 0 aliphatic heterocycles. The van der Waals surface area contributed by atoms with Crippen molar-refractivity contribution in [3.63, 3.8) is 0 Å². The van der Waals surface area contributed by atoms with E-state index < -0.39 is 5.91 Å². The molecule has 1 aromatic carbocycles. The zero-order valence-electron chi connectivity index (χ0n) is 13.3. The summed E-state index contributed by atoms with van der Waals surface area (Å²) in [4.78, 5) is 23.3. The highest BCUT2D eigenvalue weighted by Gasteiger charge is 2.17. The number of nitrogens with zero attached hydrogens (tertiary/aromatic N) is 2. The molecular weight excluding hydrogens is 360 g/mol. The van der Waals surface area contributed by atoms with Gasteiger partial charge in [-0.15, -0.1) is 0 Å². The summed E-state index contributed by atoms with van der Waals surface area (Å²) in [5.41, 5.74) is 8.11. The van der Waals surface area contributed by atoms with Crippen molar-refractivity contribution in [3.8, 4) is 0 Å². The number of benzene rings is 1. The number of carbonyl (C=O) groups excluding carboxylic acids is 2. The molecule has 0 bridgehead atoms. The van der Waals surface area contributed by atoms with E-state index in [2.05, 4.69) is 26.3 Å². The summed E-state index contributed by atoms with van der Waals surface area (Å²) in [6, 6.07) is 6.48. The number of anilines is 1. The summed E-state index contributed by atoms with van der Waals surface area (Å²) in [5, 5.41) is 7.23. The number of hydrogen-bond acceptors (Lipinski definition) is 3. The van der Waals surface area contributed by atoms with Crippen LogP contribution in [0.15, 0.2) is 28.7 Å². The first kappa shape index (κ1) is 17.2. The molecule has 23 heavy (non-hydrogen) atoms. The smallest absolute Gasteiger partial charge is 0.248 e. The van der Waals surface area contributed by atoms with Crippen LogP contribution in [0.2, 0.25) is 0 Å². The van der Waals surface area contributed by atoms with Gasteiger partial charge in [0.05, 0.1) is 22.6 Å². The number of rotatable bonds is 5. The Labute approximate surface area is 143 Å². The Balaban J connectivity index is 2.02. The minimum atomic E-state index is -0.494. The highest BCUT2D eigenvalue weighted by molar-refractivity contribution is 9.10. The van der Waals surface area contributed by atoms with E-state index in [4.69, 9.17) is 5.73 Å². The molecule has 7 heteroatoms. The third-order valence-electron chi connectivity index (χ3n) is 3.62. The van der Waals surface area contributed by atoms with Crippen molar-refractivity contribution >= 4 is 33.4 Å². The van der Waals surface area contributed by atoms with Crippen LogP contribution in [-0.2, 0) is 11.3 Å². The number of nitrogens with two attached hydrogens (primary N) is 1. The van der Waals surface area contributed by atoms with Crippen molar-refractivity contribution in [3.05, 3.63) is 45.7 Å². The van der Waals surface area contributed by atoms with Crippen LogP contribution in [0.3, 0.4) is 0 Å².